The highest BCUT2D eigenvalue weighted by molar-refractivity contribution is 9.18. The molecule has 10 heavy (non-hydrogen) atoms. The van der Waals surface area contributed by atoms with E-state index < -0.39 is 0 Å². The minimum Gasteiger partial charge on any atom is -0.391 e. The Morgan fingerprint density at radius 2 is 2.20 bits per heavy atom. The summed E-state index contributed by atoms with van der Waals surface area (Å²) in [5.41, 5.74) is 0.193. The minimum absolute atomic E-state index is 0.193. The average Bonchev–Trinajstić information content (AvgIpc) is 2.11. The van der Waals surface area contributed by atoms with Gasteiger partial charge >= 0.3 is 0 Å². The molecule has 0 aliphatic carbocycles. The molecule has 0 radical (unpaired) electrons. The Morgan fingerprint density at radius 1 is 1.60 bits per heavy atom. The van der Waals surface area contributed by atoms with Crippen molar-refractivity contribution < 1.29 is 4.84 Å². The summed E-state index contributed by atoms with van der Waals surface area (Å²) in [6.07, 6.45) is 1.14. The summed E-state index contributed by atoms with van der Waals surface area (Å²) in [5.74, 6) is 0. The van der Waals surface area contributed by atoms with Gasteiger partial charge in [-0.3, -0.25) is 0 Å². The molecule has 2 nitrogen and oxygen atoms in total. The molecule has 1 aliphatic rings. The topological polar surface area (TPSA) is 21.6 Å². The fourth-order valence-electron chi connectivity index (χ4n) is 0.813. The second kappa shape index (κ2) is 2.53. The molecule has 0 saturated carbocycles. The highest BCUT2D eigenvalue weighted by Crippen LogP contribution is 2.29. The van der Waals surface area contributed by atoms with Gasteiger partial charge in [-0.15, -0.1) is 0 Å². The van der Waals surface area contributed by atoms with Crippen LogP contribution in [-0.2, 0) is 4.84 Å². The SMILES string of the molecule is CC(C)(C)[C@@H]1CC(Br)=NO1. The first kappa shape index (κ1) is 8.05. The van der Waals surface area contributed by atoms with Crippen molar-refractivity contribution >= 4 is 20.6 Å². The fraction of sp³-hybridized carbons (Fsp3) is 0.857. The zero-order valence-electron chi connectivity index (χ0n) is 6.52. The van der Waals surface area contributed by atoms with Crippen molar-refractivity contribution in [3.8, 4) is 0 Å². The zero-order valence-corrected chi connectivity index (χ0v) is 8.10. The summed E-state index contributed by atoms with van der Waals surface area (Å²) in [7, 11) is 0. The van der Waals surface area contributed by atoms with Crippen LogP contribution in [0.2, 0.25) is 0 Å². The van der Waals surface area contributed by atoms with Crippen LogP contribution in [0.5, 0.6) is 0 Å². The van der Waals surface area contributed by atoms with E-state index in [4.69, 9.17) is 4.84 Å². The number of halogens is 1. The molecular weight excluding hydrogens is 194 g/mol. The molecule has 0 N–H and O–H groups in total. The van der Waals surface area contributed by atoms with E-state index in [1.807, 2.05) is 0 Å². The van der Waals surface area contributed by atoms with Crippen LogP contribution in [0.3, 0.4) is 0 Å². The van der Waals surface area contributed by atoms with Crippen molar-refractivity contribution in [3.05, 3.63) is 0 Å². The molecule has 58 valence electrons. The number of hydrogen-bond acceptors (Lipinski definition) is 2. The molecule has 1 aliphatic heterocycles. The van der Waals surface area contributed by atoms with Gasteiger partial charge in [0, 0.05) is 11.8 Å². The second-order valence-electron chi connectivity index (χ2n) is 3.63. The van der Waals surface area contributed by atoms with Gasteiger partial charge < -0.3 is 4.84 Å². The number of rotatable bonds is 0. The van der Waals surface area contributed by atoms with Gasteiger partial charge in [-0.2, -0.15) is 0 Å². The minimum atomic E-state index is 0.193. The van der Waals surface area contributed by atoms with Crippen LogP contribution in [-0.4, -0.2) is 10.7 Å². The lowest BCUT2D eigenvalue weighted by molar-refractivity contribution is 0.00831. The van der Waals surface area contributed by atoms with Gasteiger partial charge in [0.2, 0.25) is 0 Å². The van der Waals surface area contributed by atoms with E-state index in [0.29, 0.717) is 0 Å². The maximum Gasteiger partial charge on any atom is 0.138 e. The molecule has 1 heterocycles. The highest BCUT2D eigenvalue weighted by atomic mass is 79.9. The second-order valence-corrected chi connectivity index (χ2v) is 4.55. The van der Waals surface area contributed by atoms with E-state index in [9.17, 15) is 0 Å². The van der Waals surface area contributed by atoms with Gasteiger partial charge in [-0.1, -0.05) is 25.9 Å². The normalized spacial score (nSPS) is 26.0. The largest absolute Gasteiger partial charge is 0.391 e. The zero-order chi connectivity index (χ0) is 7.78. The van der Waals surface area contributed by atoms with Crippen LogP contribution in [0.15, 0.2) is 5.16 Å². The monoisotopic (exact) mass is 205 g/mol. The van der Waals surface area contributed by atoms with E-state index in [1.54, 1.807) is 0 Å². The summed E-state index contributed by atoms with van der Waals surface area (Å²) in [4.78, 5) is 5.17. The maximum atomic E-state index is 5.17. The Morgan fingerprint density at radius 3 is 2.40 bits per heavy atom. The van der Waals surface area contributed by atoms with Gasteiger partial charge in [0.25, 0.3) is 0 Å². The predicted molar refractivity (Wildman–Crippen MR) is 45.3 cm³/mol. The molecule has 0 amide bonds. The molecule has 0 aromatic heterocycles. The predicted octanol–water partition coefficient (Wildman–Crippen LogP) is 2.53. The molecule has 0 saturated heterocycles. The van der Waals surface area contributed by atoms with Crippen molar-refractivity contribution in [1.29, 1.82) is 0 Å². The Labute approximate surface area is 69.8 Å². The maximum absolute atomic E-state index is 5.17. The van der Waals surface area contributed by atoms with Crippen LogP contribution in [0, 0.1) is 5.41 Å². The summed E-state index contributed by atoms with van der Waals surface area (Å²) < 4.78 is 0.924. The Hall–Kier alpha value is -0.0500. The van der Waals surface area contributed by atoms with Gasteiger partial charge in [-0.25, -0.2) is 0 Å². The summed E-state index contributed by atoms with van der Waals surface area (Å²) in [5, 5.41) is 3.82. The standard InChI is InChI=1S/C7H12BrNO/c1-7(2,3)5-4-6(8)9-10-5/h5H,4H2,1-3H3/t5-/m0/s1. The van der Waals surface area contributed by atoms with Crippen LogP contribution in [0.4, 0.5) is 0 Å². The van der Waals surface area contributed by atoms with Gasteiger partial charge in [0.1, 0.15) is 10.7 Å². The van der Waals surface area contributed by atoms with E-state index in [1.165, 1.54) is 0 Å². The lowest BCUT2D eigenvalue weighted by Gasteiger charge is -2.23. The molecule has 1 atom stereocenters. The summed E-state index contributed by atoms with van der Waals surface area (Å²) in [6, 6.07) is 0. The molecule has 3 heteroatoms. The molecular formula is C7H12BrNO. The summed E-state index contributed by atoms with van der Waals surface area (Å²) in [6.45, 7) is 6.45. The number of oxime groups is 1. The van der Waals surface area contributed by atoms with Gasteiger partial charge in [0.15, 0.2) is 0 Å². The number of nitrogens with zero attached hydrogens (tertiary/aromatic N) is 1. The molecule has 0 unspecified atom stereocenters. The molecule has 1 rings (SSSR count). The highest BCUT2D eigenvalue weighted by Gasteiger charge is 2.31. The smallest absolute Gasteiger partial charge is 0.138 e. The van der Waals surface area contributed by atoms with E-state index in [-0.39, 0.29) is 11.5 Å². The van der Waals surface area contributed by atoms with Crippen molar-refractivity contribution in [3.63, 3.8) is 0 Å². The third-order valence-electron chi connectivity index (χ3n) is 1.60. The van der Waals surface area contributed by atoms with Crippen LogP contribution in [0.25, 0.3) is 0 Å². The molecule has 0 bridgehead atoms. The lowest BCUT2D eigenvalue weighted by atomic mass is 9.88. The first-order valence-corrected chi connectivity index (χ1v) is 4.17. The Bertz CT molecular complexity index is 159. The Balaban J connectivity index is 2.50. The molecule has 0 spiro atoms. The van der Waals surface area contributed by atoms with Crippen LogP contribution >= 0.6 is 15.9 Å². The van der Waals surface area contributed by atoms with Crippen molar-refractivity contribution in [2.24, 2.45) is 10.6 Å². The summed E-state index contributed by atoms with van der Waals surface area (Å²) >= 11 is 3.30. The quantitative estimate of drug-likeness (QED) is 0.596. The lowest BCUT2D eigenvalue weighted by Crippen LogP contribution is -2.25. The van der Waals surface area contributed by atoms with Crippen LogP contribution in [0.1, 0.15) is 27.2 Å². The number of hydrogen-bond donors (Lipinski definition) is 0. The molecule has 0 fully saturated rings. The molecule has 0 aromatic carbocycles. The van der Waals surface area contributed by atoms with Crippen LogP contribution < -0.4 is 0 Å². The van der Waals surface area contributed by atoms with Crippen molar-refractivity contribution in [2.75, 3.05) is 0 Å². The van der Waals surface area contributed by atoms with E-state index in [2.05, 4.69) is 41.9 Å². The third-order valence-corrected chi connectivity index (χ3v) is 2.07. The average molecular weight is 206 g/mol. The van der Waals surface area contributed by atoms with Gasteiger partial charge in [-0.05, 0) is 15.9 Å². The van der Waals surface area contributed by atoms with Crippen molar-refractivity contribution in [2.45, 2.75) is 33.3 Å². The van der Waals surface area contributed by atoms with E-state index >= 15 is 0 Å². The first-order valence-electron chi connectivity index (χ1n) is 3.38. The first-order chi connectivity index (χ1) is 4.50. The van der Waals surface area contributed by atoms with Gasteiger partial charge in [0.05, 0.1) is 0 Å². The van der Waals surface area contributed by atoms with E-state index in [0.717, 1.165) is 11.0 Å². The van der Waals surface area contributed by atoms with Crippen molar-refractivity contribution in [1.82, 2.24) is 0 Å². The third kappa shape index (κ3) is 1.72. The molecule has 0 aromatic rings. The fourth-order valence-corrected chi connectivity index (χ4v) is 1.19. The Kier molecular flexibility index (Phi) is 2.04.